The zero-order valence-electron chi connectivity index (χ0n) is 10.5. The van der Waals surface area contributed by atoms with Gasteiger partial charge in [-0.25, -0.2) is 0 Å². The van der Waals surface area contributed by atoms with Gasteiger partial charge in [-0.1, -0.05) is 0 Å². The fourth-order valence-corrected chi connectivity index (χ4v) is 3.50. The molecule has 0 aromatic heterocycles. The van der Waals surface area contributed by atoms with Gasteiger partial charge in [0.1, 0.15) is 0 Å². The second-order valence-electron chi connectivity index (χ2n) is 4.60. The van der Waals surface area contributed by atoms with Crippen molar-refractivity contribution in [2.24, 2.45) is 0 Å². The summed E-state index contributed by atoms with van der Waals surface area (Å²) in [5.41, 5.74) is 0. The van der Waals surface area contributed by atoms with Crippen molar-refractivity contribution in [3.63, 3.8) is 0 Å². The van der Waals surface area contributed by atoms with Crippen molar-refractivity contribution in [3.8, 4) is 0 Å². The van der Waals surface area contributed by atoms with E-state index < -0.39 is 0 Å². The first-order valence-corrected chi connectivity index (χ1v) is 7.81. The third kappa shape index (κ3) is 5.09. The molecule has 0 amide bonds. The second kappa shape index (κ2) is 7.73. The summed E-state index contributed by atoms with van der Waals surface area (Å²) in [4.78, 5) is 0. The molecular formula is C16H22Co. The third-order valence-electron chi connectivity index (χ3n) is 3.08. The van der Waals surface area contributed by atoms with Gasteiger partial charge < -0.3 is 0 Å². The first kappa shape index (κ1) is 12.9. The van der Waals surface area contributed by atoms with Crippen molar-refractivity contribution in [1.82, 2.24) is 0 Å². The van der Waals surface area contributed by atoms with Crippen LogP contribution in [0.2, 0.25) is 0 Å². The van der Waals surface area contributed by atoms with Gasteiger partial charge in [0.15, 0.2) is 0 Å². The molecule has 0 aromatic carbocycles. The van der Waals surface area contributed by atoms with Crippen LogP contribution in [0, 0.1) is 0 Å². The van der Waals surface area contributed by atoms with Gasteiger partial charge in [0, 0.05) is 0 Å². The first-order valence-electron chi connectivity index (χ1n) is 6.77. The summed E-state index contributed by atoms with van der Waals surface area (Å²) in [5.74, 6) is 0. The van der Waals surface area contributed by atoms with Crippen LogP contribution in [0.3, 0.4) is 0 Å². The van der Waals surface area contributed by atoms with Crippen LogP contribution in [0.15, 0.2) is 45.5 Å². The Hall–Kier alpha value is -0.534. The Balaban J connectivity index is 1.97. The molecule has 0 saturated carbocycles. The molecule has 17 heavy (non-hydrogen) atoms. The van der Waals surface area contributed by atoms with Crippen LogP contribution in [0.5, 0.6) is 0 Å². The molecule has 0 aliphatic heterocycles. The third-order valence-corrected chi connectivity index (χ3v) is 4.61. The topological polar surface area (TPSA) is 0 Å². The van der Waals surface area contributed by atoms with Crippen molar-refractivity contribution < 1.29 is 14.7 Å². The molecule has 1 heteroatoms. The number of hydrogen-bond donors (Lipinski definition) is 0. The van der Waals surface area contributed by atoms with E-state index in [1.165, 1.54) is 66.1 Å². The van der Waals surface area contributed by atoms with E-state index in [4.69, 9.17) is 0 Å². The van der Waals surface area contributed by atoms with Gasteiger partial charge >= 0.3 is 112 Å². The molecule has 0 aromatic rings. The predicted octanol–water partition coefficient (Wildman–Crippen LogP) is 5.10. The predicted molar refractivity (Wildman–Crippen MR) is 71.4 cm³/mol. The Kier molecular flexibility index (Phi) is 5.87. The molecule has 2 aliphatic rings. The van der Waals surface area contributed by atoms with Crippen molar-refractivity contribution in [1.29, 1.82) is 0 Å². The molecule has 95 valence electrons. The molecule has 0 radical (unpaired) electrons. The molecule has 0 atom stereocenters. The number of allylic oxidation sites excluding steroid dienone is 8. The molecular weight excluding hydrogens is 251 g/mol. The zero-order chi connectivity index (χ0) is 11.8. The van der Waals surface area contributed by atoms with Crippen LogP contribution in [0.25, 0.3) is 0 Å². The van der Waals surface area contributed by atoms with E-state index in [2.05, 4.69) is 36.5 Å². The fraction of sp³-hybridized carbons (Fsp3) is 0.500. The average Bonchev–Trinajstić information content (AvgIpc) is 2.24. The van der Waals surface area contributed by atoms with Crippen LogP contribution in [-0.2, 0) is 14.7 Å². The van der Waals surface area contributed by atoms with Crippen LogP contribution in [-0.4, -0.2) is 0 Å². The summed E-state index contributed by atoms with van der Waals surface area (Å²) in [7, 11) is 0. The average molecular weight is 273 g/mol. The molecule has 2 rings (SSSR count). The Morgan fingerprint density at radius 3 is 1.76 bits per heavy atom. The Labute approximate surface area is 112 Å². The summed E-state index contributed by atoms with van der Waals surface area (Å²) in [5, 5.41) is 0. The van der Waals surface area contributed by atoms with E-state index >= 15 is 0 Å². The van der Waals surface area contributed by atoms with Gasteiger partial charge in [0.05, 0.1) is 0 Å². The van der Waals surface area contributed by atoms with Crippen molar-refractivity contribution in [3.05, 3.63) is 45.5 Å². The normalized spacial score (nSPS) is 22.1. The minimum atomic E-state index is 1.26. The van der Waals surface area contributed by atoms with Gasteiger partial charge in [0.25, 0.3) is 0 Å². The van der Waals surface area contributed by atoms with E-state index in [1.54, 1.807) is 9.02 Å². The van der Waals surface area contributed by atoms with Gasteiger partial charge in [-0.15, -0.1) is 0 Å². The Morgan fingerprint density at radius 2 is 1.24 bits per heavy atom. The van der Waals surface area contributed by atoms with Gasteiger partial charge in [-0.3, -0.25) is 0 Å². The van der Waals surface area contributed by atoms with E-state index in [9.17, 15) is 0 Å². The molecule has 0 heterocycles. The van der Waals surface area contributed by atoms with Crippen molar-refractivity contribution in [2.75, 3.05) is 0 Å². The number of rotatable bonds is 2. The van der Waals surface area contributed by atoms with Crippen molar-refractivity contribution >= 4 is 0 Å². The maximum absolute atomic E-state index is 2.34. The Bertz CT molecular complexity index is 311. The summed E-state index contributed by atoms with van der Waals surface area (Å²) >= 11 is 1.50. The molecule has 0 bridgehead atoms. The second-order valence-corrected chi connectivity index (χ2v) is 6.20. The minimum absolute atomic E-state index is 1.26. The SMILES string of the molecule is C1=CCCCC[C]([Co][C]2=CC=CCCCC2)=C1. The van der Waals surface area contributed by atoms with E-state index in [1.807, 2.05) is 0 Å². The van der Waals surface area contributed by atoms with Crippen molar-refractivity contribution in [2.45, 2.75) is 51.4 Å². The molecule has 2 aliphatic carbocycles. The zero-order valence-corrected chi connectivity index (χ0v) is 11.5. The van der Waals surface area contributed by atoms with E-state index in [0.717, 1.165) is 0 Å². The molecule has 0 spiro atoms. The quantitative estimate of drug-likeness (QED) is 0.656. The summed E-state index contributed by atoms with van der Waals surface area (Å²) in [6.45, 7) is 0. The molecule has 0 N–H and O–H groups in total. The number of hydrogen-bond acceptors (Lipinski definition) is 0. The molecule has 0 fully saturated rings. The summed E-state index contributed by atoms with van der Waals surface area (Å²) in [6, 6.07) is 0. The van der Waals surface area contributed by atoms with E-state index in [0.29, 0.717) is 0 Å². The summed E-state index contributed by atoms with van der Waals surface area (Å²) < 4.78 is 3.19. The van der Waals surface area contributed by atoms with Gasteiger partial charge in [0.2, 0.25) is 0 Å². The van der Waals surface area contributed by atoms with Gasteiger partial charge in [-0.05, 0) is 0 Å². The monoisotopic (exact) mass is 273 g/mol. The van der Waals surface area contributed by atoms with Gasteiger partial charge in [-0.2, -0.15) is 0 Å². The van der Waals surface area contributed by atoms with Crippen LogP contribution in [0.1, 0.15) is 51.4 Å². The van der Waals surface area contributed by atoms with Crippen LogP contribution in [0.4, 0.5) is 0 Å². The first-order chi connectivity index (χ1) is 8.45. The molecule has 0 nitrogen and oxygen atoms in total. The molecule has 0 saturated heterocycles. The fourth-order valence-electron chi connectivity index (χ4n) is 2.07. The molecule has 0 unspecified atom stereocenters. The Morgan fingerprint density at radius 1 is 0.706 bits per heavy atom. The van der Waals surface area contributed by atoms with Crippen LogP contribution < -0.4 is 0 Å². The van der Waals surface area contributed by atoms with Crippen LogP contribution >= 0.6 is 0 Å². The summed E-state index contributed by atoms with van der Waals surface area (Å²) in [6.07, 6.45) is 24.3. The standard InChI is InChI=1S/2C8H11.Co/c2*1-2-4-6-8-7-5-3-1;/h2*1-3H,4,6-8H2;. The van der Waals surface area contributed by atoms with E-state index in [-0.39, 0.29) is 0 Å². The maximum atomic E-state index is 2.34.